The SMILES string of the molecule is Cc1nc2ccc(NC(=O)Cc3ccccc3)cc2c(=O)n1-c1ccc(OCCCN2CCCCC2)cc1. The molecule has 0 radical (unpaired) electrons. The molecule has 1 aliphatic heterocycles. The first kappa shape index (κ1) is 25.7. The van der Waals surface area contributed by atoms with Crippen LogP contribution in [0.2, 0.25) is 0 Å². The average Bonchev–Trinajstić information content (AvgIpc) is 2.93. The Balaban J connectivity index is 1.27. The summed E-state index contributed by atoms with van der Waals surface area (Å²) in [7, 11) is 0. The van der Waals surface area contributed by atoms with Crippen LogP contribution >= 0.6 is 0 Å². The molecule has 196 valence electrons. The smallest absolute Gasteiger partial charge is 0.266 e. The van der Waals surface area contributed by atoms with E-state index in [4.69, 9.17) is 4.74 Å². The number of anilines is 1. The topological polar surface area (TPSA) is 76.5 Å². The number of carbonyl (C=O) groups excluding carboxylic acids is 1. The van der Waals surface area contributed by atoms with Crippen LogP contribution in [0.4, 0.5) is 5.69 Å². The summed E-state index contributed by atoms with van der Waals surface area (Å²) in [5, 5.41) is 3.35. The van der Waals surface area contributed by atoms with E-state index in [0.717, 1.165) is 30.0 Å². The van der Waals surface area contributed by atoms with Gasteiger partial charge < -0.3 is 15.0 Å². The molecule has 0 unspecified atom stereocenters. The standard InChI is InChI=1S/C31H34N4O3/c1-23-32-29-16-11-25(33-30(36)21-24-9-4-2-5-10-24)22-28(29)31(37)35(23)26-12-14-27(15-13-26)38-20-8-19-34-17-6-3-7-18-34/h2,4-5,9-16,22H,3,6-8,17-21H2,1H3,(H,33,36). The molecule has 0 aliphatic carbocycles. The molecule has 1 aliphatic rings. The summed E-state index contributed by atoms with van der Waals surface area (Å²) in [6.07, 6.45) is 5.21. The molecule has 0 saturated carbocycles. The van der Waals surface area contributed by atoms with E-state index in [1.165, 1.54) is 32.4 Å². The Kier molecular flexibility index (Phi) is 8.14. The minimum atomic E-state index is -0.179. The van der Waals surface area contributed by atoms with Crippen molar-refractivity contribution in [1.82, 2.24) is 14.5 Å². The van der Waals surface area contributed by atoms with Gasteiger partial charge in [-0.2, -0.15) is 0 Å². The predicted molar refractivity (Wildman–Crippen MR) is 151 cm³/mol. The van der Waals surface area contributed by atoms with Gasteiger partial charge in [0.1, 0.15) is 11.6 Å². The number of aromatic nitrogens is 2. The Labute approximate surface area is 223 Å². The molecule has 7 heteroatoms. The fraction of sp³-hybridized carbons (Fsp3) is 0.323. The Morgan fingerprint density at radius 2 is 1.74 bits per heavy atom. The van der Waals surface area contributed by atoms with Gasteiger partial charge in [-0.3, -0.25) is 14.2 Å². The van der Waals surface area contributed by atoms with Gasteiger partial charge in [0.2, 0.25) is 5.91 Å². The molecule has 1 fully saturated rings. The van der Waals surface area contributed by atoms with Crippen LogP contribution in [0.5, 0.6) is 5.75 Å². The zero-order valence-electron chi connectivity index (χ0n) is 21.9. The van der Waals surface area contributed by atoms with E-state index in [9.17, 15) is 9.59 Å². The highest BCUT2D eigenvalue weighted by atomic mass is 16.5. The molecule has 1 saturated heterocycles. The molecule has 1 aromatic heterocycles. The fourth-order valence-electron chi connectivity index (χ4n) is 5.02. The number of carbonyl (C=O) groups is 1. The largest absolute Gasteiger partial charge is 0.494 e. The first-order valence-corrected chi connectivity index (χ1v) is 13.4. The van der Waals surface area contributed by atoms with Crippen molar-refractivity contribution in [3.8, 4) is 11.4 Å². The highest BCUT2D eigenvalue weighted by molar-refractivity contribution is 5.94. The zero-order valence-corrected chi connectivity index (χ0v) is 21.9. The second-order valence-electron chi connectivity index (χ2n) is 9.84. The van der Waals surface area contributed by atoms with Crippen LogP contribution in [0.25, 0.3) is 16.6 Å². The highest BCUT2D eigenvalue weighted by Gasteiger charge is 2.13. The molecule has 0 spiro atoms. The zero-order chi connectivity index (χ0) is 26.3. The molecular weight excluding hydrogens is 476 g/mol. The molecule has 4 aromatic rings. The van der Waals surface area contributed by atoms with E-state index < -0.39 is 0 Å². The lowest BCUT2D eigenvalue weighted by atomic mass is 10.1. The second-order valence-corrected chi connectivity index (χ2v) is 9.84. The maximum atomic E-state index is 13.5. The van der Waals surface area contributed by atoms with E-state index in [0.29, 0.717) is 29.0 Å². The van der Waals surface area contributed by atoms with E-state index in [2.05, 4.69) is 15.2 Å². The number of hydrogen-bond donors (Lipinski definition) is 1. The van der Waals surface area contributed by atoms with Crippen LogP contribution in [0.3, 0.4) is 0 Å². The number of rotatable bonds is 9. The molecule has 1 N–H and O–H groups in total. The number of aryl methyl sites for hydroxylation is 1. The molecule has 38 heavy (non-hydrogen) atoms. The van der Waals surface area contributed by atoms with Crippen LogP contribution in [0.1, 0.15) is 37.1 Å². The Morgan fingerprint density at radius 1 is 0.974 bits per heavy atom. The lowest BCUT2D eigenvalue weighted by Gasteiger charge is -2.26. The fourth-order valence-corrected chi connectivity index (χ4v) is 5.02. The van der Waals surface area contributed by atoms with Gasteiger partial charge >= 0.3 is 0 Å². The van der Waals surface area contributed by atoms with Crippen LogP contribution in [-0.2, 0) is 11.2 Å². The van der Waals surface area contributed by atoms with Crippen molar-refractivity contribution in [3.05, 3.63) is 94.5 Å². The van der Waals surface area contributed by atoms with E-state index in [1.54, 1.807) is 22.8 Å². The van der Waals surface area contributed by atoms with Gasteiger partial charge in [0.15, 0.2) is 0 Å². The van der Waals surface area contributed by atoms with Gasteiger partial charge in [-0.25, -0.2) is 4.98 Å². The number of ether oxygens (including phenoxy) is 1. The summed E-state index contributed by atoms with van der Waals surface area (Å²) < 4.78 is 7.54. The lowest BCUT2D eigenvalue weighted by molar-refractivity contribution is -0.115. The van der Waals surface area contributed by atoms with Crippen molar-refractivity contribution in [2.24, 2.45) is 0 Å². The van der Waals surface area contributed by atoms with Crippen molar-refractivity contribution in [1.29, 1.82) is 0 Å². The van der Waals surface area contributed by atoms with Gasteiger partial charge in [0.05, 0.1) is 29.6 Å². The van der Waals surface area contributed by atoms with Gasteiger partial charge in [-0.1, -0.05) is 36.8 Å². The molecule has 5 rings (SSSR count). The number of hydrogen-bond acceptors (Lipinski definition) is 5. The van der Waals surface area contributed by atoms with Crippen molar-refractivity contribution in [2.75, 3.05) is 31.6 Å². The van der Waals surface area contributed by atoms with Gasteiger partial charge in [-0.05, 0) is 87.3 Å². The summed E-state index contributed by atoms with van der Waals surface area (Å²) in [6.45, 7) is 5.96. The second kappa shape index (κ2) is 12.0. The normalized spacial score (nSPS) is 13.9. The number of nitrogens with zero attached hydrogens (tertiary/aromatic N) is 3. The third-order valence-corrected chi connectivity index (χ3v) is 6.96. The molecule has 0 atom stereocenters. The molecule has 1 amide bonds. The number of amides is 1. The summed E-state index contributed by atoms with van der Waals surface area (Å²) >= 11 is 0. The van der Waals surface area contributed by atoms with Crippen LogP contribution in [-0.4, -0.2) is 46.6 Å². The summed E-state index contributed by atoms with van der Waals surface area (Å²) in [4.78, 5) is 33.2. The maximum Gasteiger partial charge on any atom is 0.266 e. The number of piperidine rings is 1. The maximum absolute atomic E-state index is 13.5. The predicted octanol–water partition coefficient (Wildman–Crippen LogP) is 5.13. The Bertz CT molecular complexity index is 1440. The van der Waals surface area contributed by atoms with Crippen LogP contribution < -0.4 is 15.6 Å². The van der Waals surface area contributed by atoms with Crippen LogP contribution in [0, 0.1) is 6.92 Å². The van der Waals surface area contributed by atoms with E-state index >= 15 is 0 Å². The quantitative estimate of drug-likeness (QED) is 0.316. The molecule has 0 bridgehead atoms. The monoisotopic (exact) mass is 510 g/mol. The van der Waals surface area contributed by atoms with Gasteiger partial charge in [-0.15, -0.1) is 0 Å². The highest BCUT2D eigenvalue weighted by Crippen LogP contribution is 2.20. The molecule has 3 aromatic carbocycles. The van der Waals surface area contributed by atoms with Crippen molar-refractivity contribution in [2.45, 2.75) is 39.0 Å². The van der Waals surface area contributed by atoms with Gasteiger partial charge in [0.25, 0.3) is 5.56 Å². The first-order chi connectivity index (χ1) is 18.6. The third kappa shape index (κ3) is 6.29. The van der Waals surface area contributed by atoms with Gasteiger partial charge in [0, 0.05) is 12.2 Å². The minimum Gasteiger partial charge on any atom is -0.494 e. The summed E-state index contributed by atoms with van der Waals surface area (Å²) in [5.41, 5.74) is 2.64. The van der Waals surface area contributed by atoms with Crippen molar-refractivity contribution >= 4 is 22.5 Å². The Hall–Kier alpha value is -3.97. The molecule has 7 nitrogen and oxygen atoms in total. The van der Waals surface area contributed by atoms with E-state index in [-0.39, 0.29) is 17.9 Å². The number of likely N-dealkylation sites (tertiary alicyclic amines) is 1. The van der Waals surface area contributed by atoms with Crippen LogP contribution in [0.15, 0.2) is 77.6 Å². The van der Waals surface area contributed by atoms with E-state index in [1.807, 2.05) is 61.5 Å². The first-order valence-electron chi connectivity index (χ1n) is 13.4. The number of fused-ring (bicyclic) bond motifs is 1. The summed E-state index contributed by atoms with van der Waals surface area (Å²) in [5.74, 6) is 1.25. The number of benzene rings is 3. The lowest BCUT2D eigenvalue weighted by Crippen LogP contribution is -2.31. The average molecular weight is 511 g/mol. The minimum absolute atomic E-state index is 0.137. The molecular formula is C31H34N4O3. The Morgan fingerprint density at radius 3 is 2.50 bits per heavy atom. The number of nitrogens with one attached hydrogen (secondary N) is 1. The molecule has 2 heterocycles. The van der Waals surface area contributed by atoms with Crippen molar-refractivity contribution in [3.63, 3.8) is 0 Å². The third-order valence-electron chi connectivity index (χ3n) is 6.96. The van der Waals surface area contributed by atoms with Crippen molar-refractivity contribution < 1.29 is 9.53 Å². The summed E-state index contributed by atoms with van der Waals surface area (Å²) in [6, 6.07) is 22.4.